The average molecular weight is 374 g/mol. The molecule has 27 heavy (non-hydrogen) atoms. The number of hydrogen-bond acceptors (Lipinski definition) is 3. The second-order valence-electron chi connectivity index (χ2n) is 9.00. The van der Waals surface area contributed by atoms with Crippen LogP contribution >= 0.6 is 0 Å². The lowest BCUT2D eigenvalue weighted by Crippen LogP contribution is -2.52. The molecule has 0 aromatic heterocycles. The molecular weight excluding hydrogens is 338 g/mol. The number of rotatable bonds is 5. The van der Waals surface area contributed by atoms with Gasteiger partial charge >= 0.3 is 0 Å². The van der Waals surface area contributed by atoms with E-state index in [0.717, 1.165) is 12.8 Å². The van der Waals surface area contributed by atoms with Gasteiger partial charge in [-0.05, 0) is 45.1 Å². The van der Waals surface area contributed by atoms with Crippen LogP contribution in [0.1, 0.15) is 69.7 Å². The van der Waals surface area contributed by atoms with Crippen LogP contribution in [0.15, 0.2) is 24.3 Å². The van der Waals surface area contributed by atoms with Crippen LogP contribution < -0.4 is 10.6 Å². The lowest BCUT2D eigenvalue weighted by atomic mass is 9.88. The van der Waals surface area contributed by atoms with Gasteiger partial charge in [0.15, 0.2) is 0 Å². The number of carbonyl (C=O) groups is 2. The molecule has 150 valence electrons. The number of nitrogens with one attached hydrogen (secondary N) is 2. The van der Waals surface area contributed by atoms with Gasteiger partial charge in [0.05, 0.1) is 0 Å². The molecule has 2 rings (SSSR count). The largest absolute Gasteiger partial charge is 0.350 e. The van der Waals surface area contributed by atoms with E-state index in [1.807, 2.05) is 26.8 Å². The first kappa shape index (κ1) is 21.4. The zero-order chi connectivity index (χ0) is 20.1. The van der Waals surface area contributed by atoms with Crippen LogP contribution in [-0.4, -0.2) is 42.9 Å². The van der Waals surface area contributed by atoms with Crippen LogP contribution in [0.5, 0.6) is 0 Å². The fourth-order valence-corrected chi connectivity index (χ4v) is 3.57. The Morgan fingerprint density at radius 2 is 1.70 bits per heavy atom. The summed E-state index contributed by atoms with van der Waals surface area (Å²) in [5.41, 5.74) is 0.781. The van der Waals surface area contributed by atoms with E-state index in [2.05, 4.69) is 29.6 Å². The maximum Gasteiger partial charge on any atom is 0.251 e. The summed E-state index contributed by atoms with van der Waals surface area (Å²) in [5.74, 6) is -0.155. The quantitative estimate of drug-likeness (QED) is 0.765. The molecule has 0 bridgehead atoms. The van der Waals surface area contributed by atoms with Gasteiger partial charge in [-0.25, -0.2) is 0 Å². The molecule has 1 aromatic rings. The van der Waals surface area contributed by atoms with Crippen molar-refractivity contribution in [3.63, 3.8) is 0 Å². The lowest BCUT2D eigenvalue weighted by Gasteiger charge is -2.39. The number of amides is 2. The van der Waals surface area contributed by atoms with E-state index in [-0.39, 0.29) is 17.4 Å². The van der Waals surface area contributed by atoms with Gasteiger partial charge in [0, 0.05) is 28.7 Å². The molecular formula is C22H35N3O2. The fourth-order valence-electron chi connectivity index (χ4n) is 3.57. The van der Waals surface area contributed by atoms with Gasteiger partial charge in [-0.1, -0.05) is 52.5 Å². The van der Waals surface area contributed by atoms with Crippen molar-refractivity contribution < 1.29 is 9.59 Å². The van der Waals surface area contributed by atoms with Crippen molar-refractivity contribution in [3.8, 4) is 0 Å². The van der Waals surface area contributed by atoms with Gasteiger partial charge in [0.2, 0.25) is 5.91 Å². The Morgan fingerprint density at radius 3 is 2.26 bits per heavy atom. The van der Waals surface area contributed by atoms with Crippen molar-refractivity contribution in [2.45, 2.75) is 64.8 Å². The van der Waals surface area contributed by atoms with E-state index >= 15 is 0 Å². The van der Waals surface area contributed by atoms with Gasteiger partial charge in [0.25, 0.3) is 5.91 Å². The van der Waals surface area contributed by atoms with Gasteiger partial charge in [-0.15, -0.1) is 0 Å². The maximum absolute atomic E-state index is 12.7. The molecule has 2 N–H and O–H groups in total. The number of anilines is 1. The normalized spacial score (nSPS) is 17.3. The van der Waals surface area contributed by atoms with Crippen molar-refractivity contribution in [2.24, 2.45) is 5.41 Å². The van der Waals surface area contributed by atoms with E-state index < -0.39 is 5.41 Å². The number of nitrogens with zero attached hydrogens (tertiary/aromatic N) is 1. The molecule has 1 fully saturated rings. The average Bonchev–Trinajstić information content (AvgIpc) is 2.85. The Morgan fingerprint density at radius 1 is 1.07 bits per heavy atom. The molecule has 0 saturated heterocycles. The number of hydrogen-bond donors (Lipinski definition) is 2. The highest BCUT2D eigenvalue weighted by Gasteiger charge is 2.33. The summed E-state index contributed by atoms with van der Waals surface area (Å²) >= 11 is 0. The molecule has 5 heteroatoms. The number of benzene rings is 1. The van der Waals surface area contributed by atoms with Gasteiger partial charge in [-0.3, -0.25) is 9.59 Å². The van der Waals surface area contributed by atoms with Crippen molar-refractivity contribution in [1.82, 2.24) is 10.2 Å². The van der Waals surface area contributed by atoms with E-state index in [1.165, 1.54) is 25.7 Å². The predicted octanol–water partition coefficient (Wildman–Crippen LogP) is 4.06. The standard InChI is InChI=1S/C22H35N3O2/c1-21(2,3)20(27)24-18-12-10-11-17(15-18)19(26)23-16-22(25(4)5)13-8-6-7-9-14-22/h10-12,15H,6-9,13-14,16H2,1-5H3,(H,23,26)(H,24,27). The summed E-state index contributed by atoms with van der Waals surface area (Å²) in [6.07, 6.45) is 7.20. The topological polar surface area (TPSA) is 61.4 Å². The van der Waals surface area contributed by atoms with E-state index in [9.17, 15) is 9.59 Å². The van der Waals surface area contributed by atoms with Crippen LogP contribution in [0.2, 0.25) is 0 Å². The Hall–Kier alpha value is -1.88. The van der Waals surface area contributed by atoms with Crippen LogP contribution in [0.3, 0.4) is 0 Å². The minimum Gasteiger partial charge on any atom is -0.350 e. The summed E-state index contributed by atoms with van der Waals surface area (Å²) in [6, 6.07) is 7.15. The lowest BCUT2D eigenvalue weighted by molar-refractivity contribution is -0.123. The molecule has 0 spiro atoms. The molecule has 0 aliphatic heterocycles. The second-order valence-corrected chi connectivity index (χ2v) is 9.00. The van der Waals surface area contributed by atoms with Gasteiger partial charge < -0.3 is 15.5 Å². The molecule has 2 amide bonds. The molecule has 1 aromatic carbocycles. The second kappa shape index (κ2) is 8.87. The smallest absolute Gasteiger partial charge is 0.251 e. The van der Waals surface area contributed by atoms with Crippen LogP contribution in [-0.2, 0) is 4.79 Å². The van der Waals surface area contributed by atoms with Gasteiger partial charge in [-0.2, -0.15) is 0 Å². The Bertz CT molecular complexity index is 654. The molecule has 1 aliphatic carbocycles. The fraction of sp³-hybridized carbons (Fsp3) is 0.636. The zero-order valence-electron chi connectivity index (χ0n) is 17.5. The predicted molar refractivity (Wildman–Crippen MR) is 111 cm³/mol. The first-order valence-corrected chi connectivity index (χ1v) is 10.0. The zero-order valence-corrected chi connectivity index (χ0v) is 17.5. The maximum atomic E-state index is 12.7. The van der Waals surface area contributed by atoms with E-state index in [4.69, 9.17) is 0 Å². The van der Waals surface area contributed by atoms with Gasteiger partial charge in [0.1, 0.15) is 0 Å². The molecule has 5 nitrogen and oxygen atoms in total. The summed E-state index contributed by atoms with van der Waals surface area (Å²) in [5, 5.41) is 6.03. The monoisotopic (exact) mass is 373 g/mol. The molecule has 0 heterocycles. The van der Waals surface area contributed by atoms with Crippen molar-refractivity contribution in [2.75, 3.05) is 26.0 Å². The van der Waals surface area contributed by atoms with Crippen LogP contribution in [0.25, 0.3) is 0 Å². The molecule has 0 atom stereocenters. The molecule has 1 aliphatic rings. The Kier molecular flexibility index (Phi) is 7.04. The third-order valence-corrected chi connectivity index (χ3v) is 5.62. The summed E-state index contributed by atoms with van der Waals surface area (Å²) in [6.45, 7) is 6.25. The summed E-state index contributed by atoms with van der Waals surface area (Å²) < 4.78 is 0. The highest BCUT2D eigenvalue weighted by Crippen LogP contribution is 2.30. The third-order valence-electron chi connectivity index (χ3n) is 5.62. The van der Waals surface area contributed by atoms with E-state index in [0.29, 0.717) is 17.8 Å². The molecule has 0 radical (unpaired) electrons. The first-order valence-electron chi connectivity index (χ1n) is 10.0. The van der Waals surface area contributed by atoms with Crippen molar-refractivity contribution >= 4 is 17.5 Å². The summed E-state index contributed by atoms with van der Waals surface area (Å²) in [4.78, 5) is 27.2. The molecule has 1 saturated carbocycles. The molecule has 0 unspecified atom stereocenters. The Labute approximate surface area is 163 Å². The third kappa shape index (κ3) is 5.80. The SMILES string of the molecule is CN(C)C1(CNC(=O)c2cccc(NC(=O)C(C)(C)C)c2)CCCCCC1. The van der Waals surface area contributed by atoms with E-state index in [1.54, 1.807) is 18.2 Å². The Balaban J connectivity index is 2.05. The minimum atomic E-state index is -0.476. The number of carbonyl (C=O) groups excluding carboxylic acids is 2. The minimum absolute atomic E-state index is 0.0320. The highest BCUT2D eigenvalue weighted by atomic mass is 16.2. The highest BCUT2D eigenvalue weighted by molar-refractivity contribution is 5.98. The van der Waals surface area contributed by atoms with Crippen molar-refractivity contribution in [3.05, 3.63) is 29.8 Å². The van der Waals surface area contributed by atoms with Crippen LogP contribution in [0.4, 0.5) is 5.69 Å². The van der Waals surface area contributed by atoms with Crippen molar-refractivity contribution in [1.29, 1.82) is 0 Å². The van der Waals surface area contributed by atoms with Crippen LogP contribution in [0, 0.1) is 5.41 Å². The summed E-state index contributed by atoms with van der Waals surface area (Å²) in [7, 11) is 4.22. The number of likely N-dealkylation sites (N-methyl/N-ethyl adjacent to an activating group) is 1. The first-order chi connectivity index (χ1) is 12.6.